The monoisotopic (exact) mass is 315 g/mol. The van der Waals surface area contributed by atoms with E-state index in [0.29, 0.717) is 24.2 Å². The van der Waals surface area contributed by atoms with Gasteiger partial charge in [-0.15, -0.1) is 0 Å². The summed E-state index contributed by atoms with van der Waals surface area (Å²) in [5, 5.41) is 16.8. The third kappa shape index (κ3) is 2.90. The molecule has 1 saturated heterocycles. The van der Waals surface area contributed by atoms with Crippen LogP contribution in [0.2, 0.25) is 0 Å². The fourth-order valence-corrected chi connectivity index (χ4v) is 2.72. The van der Waals surface area contributed by atoms with E-state index in [0.717, 1.165) is 5.39 Å². The second-order valence-corrected chi connectivity index (χ2v) is 5.89. The van der Waals surface area contributed by atoms with Gasteiger partial charge < -0.3 is 15.7 Å². The van der Waals surface area contributed by atoms with Crippen molar-refractivity contribution in [1.29, 1.82) is 0 Å². The van der Waals surface area contributed by atoms with Gasteiger partial charge in [0.1, 0.15) is 17.1 Å². The van der Waals surface area contributed by atoms with Crippen LogP contribution >= 0.6 is 0 Å². The van der Waals surface area contributed by atoms with Gasteiger partial charge in [0.15, 0.2) is 0 Å². The fraction of sp³-hybridized carbons (Fsp3) is 0.294. The number of halogens is 1. The molecule has 1 fully saturated rings. The van der Waals surface area contributed by atoms with Crippen molar-refractivity contribution in [2.75, 3.05) is 13.1 Å². The van der Waals surface area contributed by atoms with Crippen LogP contribution < -0.4 is 10.6 Å². The highest BCUT2D eigenvalue weighted by molar-refractivity contribution is 5.85. The first-order valence-corrected chi connectivity index (χ1v) is 7.40. The van der Waals surface area contributed by atoms with E-state index in [2.05, 4.69) is 22.2 Å². The number of amides is 1. The Balaban J connectivity index is 1.67. The zero-order valence-electron chi connectivity index (χ0n) is 12.6. The Labute approximate surface area is 133 Å². The average molecular weight is 315 g/mol. The van der Waals surface area contributed by atoms with Crippen LogP contribution in [-0.4, -0.2) is 29.1 Å². The maximum atomic E-state index is 13.5. The molecule has 3 N–H and O–H groups in total. The molecule has 120 valence electrons. The van der Waals surface area contributed by atoms with Crippen molar-refractivity contribution in [2.24, 2.45) is 5.41 Å². The summed E-state index contributed by atoms with van der Waals surface area (Å²) in [6.07, 6.45) is 1.65. The van der Waals surface area contributed by atoms with Gasteiger partial charge in [-0.1, -0.05) is 24.8 Å². The zero-order chi connectivity index (χ0) is 16.4. The molecule has 1 amide bonds. The van der Waals surface area contributed by atoms with Gasteiger partial charge in [0.25, 0.3) is 0 Å². The molecule has 6 heteroatoms. The van der Waals surface area contributed by atoms with E-state index in [1.54, 1.807) is 18.3 Å². The third-order valence-electron chi connectivity index (χ3n) is 4.31. The number of phenolic OH excluding ortho intramolecular Hbond substituents is 1. The van der Waals surface area contributed by atoms with Crippen LogP contribution in [0.5, 0.6) is 5.75 Å². The number of carbonyl (C=O) groups is 1. The minimum atomic E-state index is -0.795. The van der Waals surface area contributed by atoms with E-state index in [4.69, 9.17) is 0 Å². The summed E-state index contributed by atoms with van der Waals surface area (Å²) < 4.78 is 13.5. The number of aromatic nitrogens is 1. The number of benzene rings is 1. The molecule has 2 aromatic rings. The number of carbonyl (C=O) groups excluding carboxylic acids is 1. The first-order chi connectivity index (χ1) is 11.0. The topological polar surface area (TPSA) is 74.2 Å². The van der Waals surface area contributed by atoms with Crippen LogP contribution in [0.15, 0.2) is 42.9 Å². The predicted octanol–water partition coefficient (Wildman–Crippen LogP) is 2.02. The van der Waals surface area contributed by atoms with Crippen LogP contribution in [0.1, 0.15) is 12.0 Å². The van der Waals surface area contributed by atoms with Crippen molar-refractivity contribution in [3.8, 4) is 5.75 Å². The summed E-state index contributed by atoms with van der Waals surface area (Å²) >= 11 is 0. The molecule has 5 nitrogen and oxygen atoms in total. The number of nitrogens with one attached hydrogen (secondary N) is 2. The van der Waals surface area contributed by atoms with E-state index in [1.807, 2.05) is 12.1 Å². The number of rotatable bonds is 5. The Kier molecular flexibility index (Phi) is 4.00. The number of hydrogen-bond donors (Lipinski definition) is 3. The Bertz CT molecular complexity index is 772. The van der Waals surface area contributed by atoms with Crippen LogP contribution in [0.3, 0.4) is 0 Å². The van der Waals surface area contributed by atoms with Gasteiger partial charge in [-0.05, 0) is 6.07 Å². The second-order valence-electron chi connectivity index (χ2n) is 5.89. The van der Waals surface area contributed by atoms with Crippen molar-refractivity contribution >= 4 is 16.8 Å². The van der Waals surface area contributed by atoms with Crippen LogP contribution in [0.4, 0.5) is 4.39 Å². The molecule has 0 radical (unpaired) electrons. The minimum Gasteiger partial charge on any atom is -0.505 e. The highest BCUT2D eigenvalue weighted by Crippen LogP contribution is 2.35. The maximum Gasteiger partial charge on any atom is 0.221 e. The molecular weight excluding hydrogens is 297 g/mol. The van der Waals surface area contributed by atoms with Gasteiger partial charge in [0, 0.05) is 43.2 Å². The number of fused-ring (bicyclic) bond motifs is 1. The quantitative estimate of drug-likeness (QED) is 0.789. The molecule has 1 aliphatic rings. The largest absolute Gasteiger partial charge is 0.505 e. The molecule has 0 spiro atoms. The Hall–Kier alpha value is -2.47. The number of pyridine rings is 1. The molecule has 3 rings (SSSR count). The van der Waals surface area contributed by atoms with Crippen molar-refractivity contribution in [1.82, 2.24) is 15.6 Å². The zero-order valence-corrected chi connectivity index (χ0v) is 12.6. The van der Waals surface area contributed by atoms with E-state index in [-0.39, 0.29) is 24.6 Å². The van der Waals surface area contributed by atoms with Gasteiger partial charge in [-0.2, -0.15) is 0 Å². The van der Waals surface area contributed by atoms with Gasteiger partial charge in [0.2, 0.25) is 5.91 Å². The lowest BCUT2D eigenvalue weighted by molar-refractivity contribution is -0.124. The normalized spacial score (nSPS) is 15.9. The first kappa shape index (κ1) is 15.4. The Morgan fingerprint density at radius 1 is 1.43 bits per heavy atom. The summed E-state index contributed by atoms with van der Waals surface area (Å²) in [6, 6.07) is 7.22. The average Bonchev–Trinajstić information content (AvgIpc) is 2.50. The third-order valence-corrected chi connectivity index (χ3v) is 4.31. The molecule has 23 heavy (non-hydrogen) atoms. The lowest BCUT2D eigenvalue weighted by Crippen LogP contribution is -2.55. The lowest BCUT2D eigenvalue weighted by Gasteiger charge is -2.40. The summed E-state index contributed by atoms with van der Waals surface area (Å²) in [5.74, 6) is -0.687. The van der Waals surface area contributed by atoms with Gasteiger partial charge in [-0.3, -0.25) is 9.78 Å². The second kappa shape index (κ2) is 5.96. The highest BCUT2D eigenvalue weighted by atomic mass is 19.1. The molecule has 1 aromatic carbocycles. The van der Waals surface area contributed by atoms with Crippen LogP contribution in [-0.2, 0) is 11.3 Å². The molecule has 0 unspecified atom stereocenters. The van der Waals surface area contributed by atoms with Crippen molar-refractivity contribution < 1.29 is 14.3 Å². The molecule has 1 aromatic heterocycles. The summed E-state index contributed by atoms with van der Waals surface area (Å²) in [5.41, 5.74) is 0.275. The van der Waals surface area contributed by atoms with E-state index in [9.17, 15) is 14.3 Å². The molecule has 1 aliphatic heterocycles. The fourth-order valence-electron chi connectivity index (χ4n) is 2.72. The van der Waals surface area contributed by atoms with Crippen molar-refractivity contribution in [3.05, 3.63) is 48.4 Å². The SMILES string of the molecule is C=C(F)C1(CC(=O)NCc2ccc3cccnc3c2O)CNC1. The van der Waals surface area contributed by atoms with Crippen LogP contribution in [0, 0.1) is 5.41 Å². The van der Waals surface area contributed by atoms with E-state index in [1.165, 1.54) is 0 Å². The number of phenols is 1. The molecule has 2 heterocycles. The maximum absolute atomic E-state index is 13.5. The smallest absolute Gasteiger partial charge is 0.221 e. The number of hydrogen-bond acceptors (Lipinski definition) is 4. The molecule has 0 atom stereocenters. The van der Waals surface area contributed by atoms with E-state index >= 15 is 0 Å². The summed E-state index contributed by atoms with van der Waals surface area (Å²) in [7, 11) is 0. The molecule has 0 bridgehead atoms. The first-order valence-electron chi connectivity index (χ1n) is 7.40. The Morgan fingerprint density at radius 2 is 2.22 bits per heavy atom. The number of nitrogens with zero attached hydrogens (tertiary/aromatic N) is 1. The van der Waals surface area contributed by atoms with Gasteiger partial charge in [0.05, 0.1) is 5.41 Å². The van der Waals surface area contributed by atoms with Crippen LogP contribution in [0.25, 0.3) is 10.9 Å². The standard InChI is InChI=1S/C17H18FN3O2/c1-11(18)17(9-19-10-17)7-14(22)21-8-13-5-4-12-3-2-6-20-15(12)16(13)23/h2-6,19,23H,1,7-10H2,(H,21,22). The minimum absolute atomic E-state index is 0.0436. The van der Waals surface area contributed by atoms with Crippen molar-refractivity contribution in [3.63, 3.8) is 0 Å². The number of aromatic hydroxyl groups is 1. The Morgan fingerprint density at radius 3 is 2.87 bits per heavy atom. The summed E-state index contributed by atoms with van der Waals surface area (Å²) in [6.45, 7) is 4.34. The lowest BCUT2D eigenvalue weighted by atomic mass is 9.77. The predicted molar refractivity (Wildman–Crippen MR) is 85.4 cm³/mol. The summed E-state index contributed by atoms with van der Waals surface area (Å²) in [4.78, 5) is 16.2. The molecule has 0 aliphatic carbocycles. The molecule has 0 saturated carbocycles. The highest BCUT2D eigenvalue weighted by Gasteiger charge is 2.42. The van der Waals surface area contributed by atoms with Gasteiger partial charge >= 0.3 is 0 Å². The van der Waals surface area contributed by atoms with Crippen molar-refractivity contribution in [2.45, 2.75) is 13.0 Å². The molecular formula is C17H18FN3O2. The van der Waals surface area contributed by atoms with E-state index < -0.39 is 11.2 Å². The van der Waals surface area contributed by atoms with Gasteiger partial charge in [-0.25, -0.2) is 4.39 Å².